The van der Waals surface area contributed by atoms with Crippen LogP contribution in [-0.2, 0) is 9.59 Å². The molecule has 2 fully saturated rings. The molecule has 1 N–H and O–H groups in total. The number of rotatable bonds is 2. The summed E-state index contributed by atoms with van der Waals surface area (Å²) in [6, 6.07) is 0. The van der Waals surface area contributed by atoms with Gasteiger partial charge in [-0.2, -0.15) is 0 Å². The van der Waals surface area contributed by atoms with Gasteiger partial charge >= 0.3 is 5.97 Å². The van der Waals surface area contributed by atoms with E-state index in [4.69, 9.17) is 5.11 Å². The van der Waals surface area contributed by atoms with Crippen molar-refractivity contribution >= 4 is 11.9 Å². The Balaban J connectivity index is 1.96. The van der Waals surface area contributed by atoms with Gasteiger partial charge in [0, 0.05) is 25.2 Å². The zero-order chi connectivity index (χ0) is 12.8. The lowest BCUT2D eigenvalue weighted by atomic mass is 9.99. The van der Waals surface area contributed by atoms with Crippen molar-refractivity contribution in [2.75, 3.05) is 26.7 Å². The molecule has 1 amide bonds. The molecule has 0 aromatic carbocycles. The second-order valence-electron chi connectivity index (χ2n) is 5.78. The monoisotopic (exact) mass is 240 g/mol. The number of likely N-dealkylation sites (N-methyl/N-ethyl adjacent to an activating group) is 1. The summed E-state index contributed by atoms with van der Waals surface area (Å²) in [5.74, 6) is -1.52. The highest BCUT2D eigenvalue weighted by molar-refractivity contribution is 5.89. The van der Waals surface area contributed by atoms with E-state index in [9.17, 15) is 9.59 Å². The largest absolute Gasteiger partial charge is 0.481 e. The summed E-state index contributed by atoms with van der Waals surface area (Å²) in [7, 11) is 2.05. The average Bonchev–Trinajstić information content (AvgIpc) is 3.00. The Hall–Kier alpha value is -1.10. The van der Waals surface area contributed by atoms with Crippen LogP contribution in [0.3, 0.4) is 0 Å². The molecule has 96 valence electrons. The van der Waals surface area contributed by atoms with E-state index >= 15 is 0 Å². The topological polar surface area (TPSA) is 60.9 Å². The van der Waals surface area contributed by atoms with Gasteiger partial charge in [0.1, 0.15) is 0 Å². The number of carboxylic acid groups (broad SMARTS) is 1. The molecule has 0 unspecified atom stereocenters. The molecule has 1 heterocycles. The Bertz CT molecular complexity index is 354. The van der Waals surface area contributed by atoms with Crippen molar-refractivity contribution in [3.05, 3.63) is 0 Å². The van der Waals surface area contributed by atoms with Gasteiger partial charge in [-0.25, -0.2) is 0 Å². The lowest BCUT2D eigenvalue weighted by Crippen LogP contribution is -2.59. The van der Waals surface area contributed by atoms with Gasteiger partial charge in [0.2, 0.25) is 5.91 Å². The highest BCUT2D eigenvalue weighted by atomic mass is 16.4. The zero-order valence-corrected chi connectivity index (χ0v) is 10.6. The van der Waals surface area contributed by atoms with E-state index in [1.54, 1.807) is 0 Å². The molecule has 5 nitrogen and oxygen atoms in total. The number of carbonyl (C=O) groups is 2. The minimum Gasteiger partial charge on any atom is -0.481 e. The summed E-state index contributed by atoms with van der Waals surface area (Å²) in [4.78, 5) is 26.9. The Morgan fingerprint density at radius 2 is 1.88 bits per heavy atom. The average molecular weight is 240 g/mol. The predicted molar refractivity (Wildman–Crippen MR) is 62.5 cm³/mol. The second-order valence-corrected chi connectivity index (χ2v) is 5.78. The number of amides is 1. The van der Waals surface area contributed by atoms with Crippen LogP contribution in [0.4, 0.5) is 0 Å². The predicted octanol–water partition coefficient (Wildman–Crippen LogP) is 0.260. The minimum absolute atomic E-state index is 0.0263. The fourth-order valence-electron chi connectivity index (χ4n) is 2.40. The van der Waals surface area contributed by atoms with Crippen LogP contribution in [0.1, 0.15) is 20.3 Å². The molecule has 0 radical (unpaired) electrons. The van der Waals surface area contributed by atoms with Crippen molar-refractivity contribution in [3.8, 4) is 0 Å². The molecule has 0 aromatic rings. The van der Waals surface area contributed by atoms with Crippen molar-refractivity contribution in [3.63, 3.8) is 0 Å². The van der Waals surface area contributed by atoms with Gasteiger partial charge in [-0.15, -0.1) is 0 Å². The van der Waals surface area contributed by atoms with E-state index < -0.39 is 11.9 Å². The van der Waals surface area contributed by atoms with Gasteiger partial charge in [0.25, 0.3) is 0 Å². The van der Waals surface area contributed by atoms with Crippen LogP contribution in [0.25, 0.3) is 0 Å². The number of hydrogen-bond donors (Lipinski definition) is 1. The van der Waals surface area contributed by atoms with E-state index in [1.165, 1.54) is 0 Å². The van der Waals surface area contributed by atoms with Crippen LogP contribution in [-0.4, -0.2) is 59.0 Å². The standard InChI is InChI=1S/C12H20N2O3/c1-12(2)7-14(5-4-13(12)3)10(15)8-6-9(8)11(16)17/h8-9H,4-7H2,1-3H3,(H,16,17)/t8-,9+/m1/s1. The van der Waals surface area contributed by atoms with E-state index in [2.05, 4.69) is 25.8 Å². The molecular formula is C12H20N2O3. The molecule has 1 saturated heterocycles. The normalized spacial score (nSPS) is 32.3. The third kappa shape index (κ3) is 2.29. The van der Waals surface area contributed by atoms with Crippen LogP contribution in [0.5, 0.6) is 0 Å². The van der Waals surface area contributed by atoms with Crippen molar-refractivity contribution < 1.29 is 14.7 Å². The Morgan fingerprint density at radius 3 is 2.35 bits per heavy atom. The van der Waals surface area contributed by atoms with Crippen LogP contribution < -0.4 is 0 Å². The molecule has 0 bridgehead atoms. The minimum atomic E-state index is -0.836. The Kier molecular flexibility index (Phi) is 2.89. The first-order valence-corrected chi connectivity index (χ1v) is 6.06. The number of carbonyl (C=O) groups excluding carboxylic acids is 1. The summed E-state index contributed by atoms with van der Waals surface area (Å²) in [5.41, 5.74) is -0.0263. The van der Waals surface area contributed by atoms with E-state index in [-0.39, 0.29) is 17.4 Å². The first-order chi connectivity index (χ1) is 7.83. The van der Waals surface area contributed by atoms with Gasteiger partial charge in [0.05, 0.1) is 11.8 Å². The van der Waals surface area contributed by atoms with E-state index in [0.29, 0.717) is 19.5 Å². The molecule has 1 aliphatic carbocycles. The van der Waals surface area contributed by atoms with Crippen molar-refractivity contribution in [1.82, 2.24) is 9.80 Å². The van der Waals surface area contributed by atoms with Crippen LogP contribution in [0.2, 0.25) is 0 Å². The first kappa shape index (κ1) is 12.4. The van der Waals surface area contributed by atoms with Crippen molar-refractivity contribution in [1.29, 1.82) is 0 Å². The molecule has 17 heavy (non-hydrogen) atoms. The number of aliphatic carboxylic acids is 1. The number of piperazine rings is 1. The summed E-state index contributed by atoms with van der Waals surface area (Å²) < 4.78 is 0. The number of nitrogens with zero attached hydrogens (tertiary/aromatic N) is 2. The van der Waals surface area contributed by atoms with Gasteiger partial charge in [0.15, 0.2) is 0 Å². The SMILES string of the molecule is CN1CCN(C(=O)[C@@H]2C[C@@H]2C(=O)O)CC1(C)C. The third-order valence-corrected chi connectivity index (χ3v) is 4.05. The molecule has 1 aliphatic heterocycles. The fraction of sp³-hybridized carbons (Fsp3) is 0.833. The van der Waals surface area contributed by atoms with Crippen LogP contribution in [0, 0.1) is 11.8 Å². The molecule has 2 atom stereocenters. The van der Waals surface area contributed by atoms with Gasteiger partial charge in [-0.3, -0.25) is 14.5 Å². The Labute approximate surface area is 101 Å². The molecule has 0 spiro atoms. The lowest BCUT2D eigenvalue weighted by molar-refractivity contribution is -0.143. The fourth-order valence-corrected chi connectivity index (χ4v) is 2.40. The highest BCUT2D eigenvalue weighted by Gasteiger charge is 2.50. The van der Waals surface area contributed by atoms with Crippen LogP contribution in [0.15, 0.2) is 0 Å². The smallest absolute Gasteiger partial charge is 0.307 e. The number of hydrogen-bond acceptors (Lipinski definition) is 3. The maximum atomic E-state index is 12.1. The summed E-state index contributed by atoms with van der Waals surface area (Å²) in [5, 5.41) is 8.84. The molecule has 2 aliphatic rings. The van der Waals surface area contributed by atoms with E-state index in [1.807, 2.05) is 4.90 Å². The Morgan fingerprint density at radius 1 is 1.24 bits per heavy atom. The lowest BCUT2D eigenvalue weighted by Gasteiger charge is -2.45. The summed E-state index contributed by atoms with van der Waals surface area (Å²) in [6.07, 6.45) is 0.515. The summed E-state index contributed by atoms with van der Waals surface area (Å²) in [6.45, 7) is 6.46. The molecule has 2 rings (SSSR count). The maximum absolute atomic E-state index is 12.1. The molecule has 0 aromatic heterocycles. The maximum Gasteiger partial charge on any atom is 0.307 e. The van der Waals surface area contributed by atoms with E-state index in [0.717, 1.165) is 6.54 Å². The molecule has 5 heteroatoms. The van der Waals surface area contributed by atoms with Gasteiger partial charge in [-0.1, -0.05) is 0 Å². The quantitative estimate of drug-likeness (QED) is 0.752. The van der Waals surface area contributed by atoms with Crippen molar-refractivity contribution in [2.45, 2.75) is 25.8 Å². The molecule has 1 saturated carbocycles. The van der Waals surface area contributed by atoms with Crippen molar-refractivity contribution in [2.24, 2.45) is 11.8 Å². The summed E-state index contributed by atoms with van der Waals surface area (Å²) >= 11 is 0. The zero-order valence-electron chi connectivity index (χ0n) is 10.6. The first-order valence-electron chi connectivity index (χ1n) is 6.06. The van der Waals surface area contributed by atoms with Gasteiger partial charge < -0.3 is 10.0 Å². The highest BCUT2D eigenvalue weighted by Crippen LogP contribution is 2.40. The third-order valence-electron chi connectivity index (χ3n) is 4.05. The molecular weight excluding hydrogens is 220 g/mol. The number of carboxylic acids is 1. The second kappa shape index (κ2) is 3.98. The van der Waals surface area contributed by atoms with Gasteiger partial charge in [-0.05, 0) is 27.3 Å². The van der Waals surface area contributed by atoms with Crippen LogP contribution >= 0.6 is 0 Å².